The first-order valence-electron chi connectivity index (χ1n) is 11.2. The van der Waals surface area contributed by atoms with E-state index in [-0.39, 0.29) is 35.0 Å². The molecule has 0 fully saturated rings. The van der Waals surface area contributed by atoms with Gasteiger partial charge in [0.15, 0.2) is 5.65 Å². The maximum Gasteiger partial charge on any atom is 0.294 e. The van der Waals surface area contributed by atoms with Crippen LogP contribution in [-0.4, -0.2) is 52.0 Å². The molecule has 0 saturated carbocycles. The van der Waals surface area contributed by atoms with Crippen molar-refractivity contribution < 1.29 is 17.9 Å². The smallest absolute Gasteiger partial charge is 0.294 e. The highest BCUT2D eigenvalue weighted by Crippen LogP contribution is 2.32. The second kappa shape index (κ2) is 9.72. The van der Waals surface area contributed by atoms with E-state index in [2.05, 4.69) is 21.1 Å². The largest absolute Gasteiger partial charge is 0.497 e. The van der Waals surface area contributed by atoms with Gasteiger partial charge in [-0.2, -0.15) is 0 Å². The minimum absolute atomic E-state index is 0.0115. The van der Waals surface area contributed by atoms with Crippen LogP contribution in [0.15, 0.2) is 83.8 Å². The van der Waals surface area contributed by atoms with Crippen LogP contribution in [0.25, 0.3) is 22.1 Å². The molecule has 0 N–H and O–H groups in total. The maximum absolute atomic E-state index is 13.8. The predicted octanol–water partition coefficient (Wildman–Crippen LogP) is 3.50. The SMILES string of the molecule is C#CCN(Cc1ccccc1)C(=O)c1nnc2c3cc(OC)ccc3n(S(=O)(=O)c3ccccc3)c2n1. The molecule has 0 aliphatic heterocycles. The minimum atomic E-state index is -4.10. The number of nitrogens with zero attached hydrogens (tertiary/aromatic N) is 5. The molecule has 3 aromatic carbocycles. The van der Waals surface area contributed by atoms with Gasteiger partial charge in [0.1, 0.15) is 11.3 Å². The number of aromatic nitrogens is 4. The highest BCUT2D eigenvalue weighted by atomic mass is 32.2. The van der Waals surface area contributed by atoms with Crippen LogP contribution in [-0.2, 0) is 16.6 Å². The fraction of sp³-hybridized carbons (Fsp3) is 0.111. The average Bonchev–Trinajstić information content (AvgIpc) is 3.27. The van der Waals surface area contributed by atoms with Crippen molar-refractivity contribution in [3.05, 3.63) is 90.3 Å². The van der Waals surface area contributed by atoms with Gasteiger partial charge >= 0.3 is 0 Å². The molecule has 0 spiro atoms. The zero-order chi connectivity index (χ0) is 26.0. The molecule has 37 heavy (non-hydrogen) atoms. The molecule has 2 aromatic heterocycles. The molecule has 0 saturated heterocycles. The quantitative estimate of drug-likeness (QED) is 0.308. The van der Waals surface area contributed by atoms with Gasteiger partial charge in [-0.05, 0) is 35.9 Å². The molecule has 2 heterocycles. The van der Waals surface area contributed by atoms with E-state index in [0.717, 1.165) is 9.54 Å². The van der Waals surface area contributed by atoms with Crippen molar-refractivity contribution in [2.75, 3.05) is 13.7 Å². The van der Waals surface area contributed by atoms with E-state index in [1.165, 1.54) is 24.1 Å². The maximum atomic E-state index is 13.8. The molecule has 0 radical (unpaired) electrons. The number of hydrogen-bond donors (Lipinski definition) is 0. The molecule has 184 valence electrons. The van der Waals surface area contributed by atoms with Crippen LogP contribution in [0, 0.1) is 12.3 Å². The number of methoxy groups -OCH3 is 1. The van der Waals surface area contributed by atoms with Crippen molar-refractivity contribution in [3.63, 3.8) is 0 Å². The van der Waals surface area contributed by atoms with Crippen molar-refractivity contribution in [1.82, 2.24) is 24.1 Å². The van der Waals surface area contributed by atoms with Crippen molar-refractivity contribution in [2.24, 2.45) is 0 Å². The summed E-state index contributed by atoms with van der Waals surface area (Å²) >= 11 is 0. The van der Waals surface area contributed by atoms with Gasteiger partial charge < -0.3 is 9.64 Å². The number of terminal acetylenes is 1. The van der Waals surface area contributed by atoms with Crippen LogP contribution >= 0.6 is 0 Å². The Morgan fingerprint density at radius 3 is 2.41 bits per heavy atom. The topological polar surface area (TPSA) is 107 Å². The molecule has 1 amide bonds. The number of benzene rings is 3. The highest BCUT2D eigenvalue weighted by Gasteiger charge is 2.28. The second-order valence-electron chi connectivity index (χ2n) is 8.12. The van der Waals surface area contributed by atoms with Crippen LogP contribution in [0.3, 0.4) is 0 Å². The number of ether oxygens (including phenoxy) is 1. The van der Waals surface area contributed by atoms with Gasteiger partial charge in [-0.15, -0.1) is 16.6 Å². The summed E-state index contributed by atoms with van der Waals surface area (Å²) in [4.78, 5) is 19.3. The molecular formula is C27H21N5O4S. The predicted molar refractivity (Wildman–Crippen MR) is 138 cm³/mol. The van der Waals surface area contributed by atoms with Crippen LogP contribution in [0.1, 0.15) is 16.2 Å². The molecule has 0 atom stereocenters. The summed E-state index contributed by atoms with van der Waals surface area (Å²) in [6, 6.07) is 22.2. The van der Waals surface area contributed by atoms with Crippen LogP contribution in [0.5, 0.6) is 5.75 Å². The lowest BCUT2D eigenvalue weighted by molar-refractivity contribution is 0.0752. The summed E-state index contributed by atoms with van der Waals surface area (Å²) in [6.45, 7) is 0.241. The second-order valence-corrected chi connectivity index (χ2v) is 9.91. The molecular weight excluding hydrogens is 490 g/mol. The van der Waals surface area contributed by atoms with E-state index in [1.807, 2.05) is 30.3 Å². The standard InChI is InChI=1S/C27H21N5O4S/c1-3-16-31(18-19-10-6-4-7-11-19)27(33)25-28-26-24(29-30-25)22-17-20(36-2)14-15-23(22)32(26)37(34,35)21-12-8-5-9-13-21/h1,4-15,17H,16,18H2,2H3. The molecule has 0 aliphatic carbocycles. The summed E-state index contributed by atoms with van der Waals surface area (Å²) in [5, 5.41) is 8.76. The number of hydrogen-bond acceptors (Lipinski definition) is 7. The van der Waals surface area contributed by atoms with Crippen molar-refractivity contribution in [3.8, 4) is 18.1 Å². The van der Waals surface area contributed by atoms with E-state index in [4.69, 9.17) is 11.2 Å². The molecule has 0 bridgehead atoms. The Hall–Kier alpha value is -4.75. The number of fused-ring (bicyclic) bond motifs is 3. The van der Waals surface area contributed by atoms with E-state index in [0.29, 0.717) is 16.7 Å². The van der Waals surface area contributed by atoms with Crippen molar-refractivity contribution in [1.29, 1.82) is 0 Å². The molecule has 5 rings (SSSR count). The summed E-state index contributed by atoms with van der Waals surface area (Å²) in [7, 11) is -2.59. The molecule has 0 unspecified atom stereocenters. The Bertz CT molecular complexity index is 1760. The Morgan fingerprint density at radius 1 is 1.03 bits per heavy atom. The van der Waals surface area contributed by atoms with E-state index in [1.54, 1.807) is 36.4 Å². The summed E-state index contributed by atoms with van der Waals surface area (Å²) in [5.74, 6) is 2.16. The Balaban J connectivity index is 1.70. The van der Waals surface area contributed by atoms with Crippen LogP contribution < -0.4 is 4.74 Å². The van der Waals surface area contributed by atoms with Gasteiger partial charge in [0, 0.05) is 11.9 Å². The third kappa shape index (κ3) is 4.37. The molecule has 10 heteroatoms. The summed E-state index contributed by atoms with van der Waals surface area (Å²) in [5.41, 5.74) is 1.39. The van der Waals surface area contributed by atoms with Gasteiger partial charge in [0.2, 0.25) is 5.82 Å². The average molecular weight is 512 g/mol. The summed E-state index contributed by atoms with van der Waals surface area (Å²) < 4.78 is 33.9. The van der Waals surface area contributed by atoms with Gasteiger partial charge in [-0.3, -0.25) is 4.79 Å². The first-order valence-corrected chi connectivity index (χ1v) is 12.7. The van der Waals surface area contributed by atoms with Crippen LogP contribution in [0.2, 0.25) is 0 Å². The Morgan fingerprint density at radius 2 is 1.73 bits per heavy atom. The number of carbonyl (C=O) groups excluding carboxylic acids is 1. The van der Waals surface area contributed by atoms with Gasteiger partial charge in [-0.1, -0.05) is 54.5 Å². The third-order valence-corrected chi connectivity index (χ3v) is 7.51. The zero-order valence-corrected chi connectivity index (χ0v) is 20.6. The highest BCUT2D eigenvalue weighted by molar-refractivity contribution is 7.90. The van der Waals surface area contributed by atoms with Gasteiger partial charge in [-0.25, -0.2) is 17.4 Å². The Kier molecular flexibility index (Phi) is 6.29. The number of carbonyl (C=O) groups is 1. The minimum Gasteiger partial charge on any atom is -0.497 e. The normalized spacial score (nSPS) is 11.4. The lowest BCUT2D eigenvalue weighted by Gasteiger charge is -2.19. The van der Waals surface area contributed by atoms with Gasteiger partial charge in [0.25, 0.3) is 15.9 Å². The first-order chi connectivity index (χ1) is 17.9. The van der Waals surface area contributed by atoms with E-state index in [9.17, 15) is 13.2 Å². The number of amides is 1. The molecule has 0 aliphatic rings. The molecule has 5 aromatic rings. The first kappa shape index (κ1) is 24.0. The zero-order valence-electron chi connectivity index (χ0n) is 19.8. The van der Waals surface area contributed by atoms with E-state index < -0.39 is 15.9 Å². The van der Waals surface area contributed by atoms with Gasteiger partial charge in [0.05, 0.1) is 24.1 Å². The third-order valence-electron chi connectivity index (χ3n) is 5.80. The van der Waals surface area contributed by atoms with Crippen molar-refractivity contribution >= 4 is 38.0 Å². The summed E-state index contributed by atoms with van der Waals surface area (Å²) in [6.07, 6.45) is 5.52. The van der Waals surface area contributed by atoms with Crippen molar-refractivity contribution in [2.45, 2.75) is 11.4 Å². The fourth-order valence-corrected chi connectivity index (χ4v) is 5.53. The van der Waals surface area contributed by atoms with E-state index >= 15 is 0 Å². The number of rotatable bonds is 7. The van der Waals surface area contributed by atoms with Crippen LogP contribution in [0.4, 0.5) is 0 Å². The Labute approximate surface area is 213 Å². The molecule has 9 nitrogen and oxygen atoms in total. The monoisotopic (exact) mass is 511 g/mol. The fourth-order valence-electron chi connectivity index (χ4n) is 4.04. The lowest BCUT2D eigenvalue weighted by Crippen LogP contribution is -2.32. The lowest BCUT2D eigenvalue weighted by atomic mass is 10.2.